The van der Waals surface area contributed by atoms with Gasteiger partial charge in [-0.25, -0.2) is 14.6 Å². The highest BCUT2D eigenvalue weighted by atomic mass is 16.6. The molecule has 2 atom stereocenters. The smallest absolute Gasteiger partial charge is 0.408 e. The minimum absolute atomic E-state index is 0.0626. The largest absolute Gasteiger partial charge is 0.493 e. The Morgan fingerprint density at radius 3 is 2.36 bits per heavy atom. The van der Waals surface area contributed by atoms with Gasteiger partial charge in [0.25, 0.3) is 5.56 Å². The van der Waals surface area contributed by atoms with Gasteiger partial charge in [-0.3, -0.25) is 24.0 Å². The quantitative estimate of drug-likeness (QED) is 0.0616. The monoisotopic (exact) mass is 879 g/mol. The van der Waals surface area contributed by atoms with E-state index in [1.807, 2.05) is 18.2 Å². The molecule has 338 valence electrons. The number of hydrogen-bond acceptors (Lipinski definition) is 12. The van der Waals surface area contributed by atoms with Crippen molar-refractivity contribution in [2.24, 2.45) is 0 Å². The Balaban J connectivity index is 0.910. The van der Waals surface area contributed by atoms with E-state index >= 15 is 0 Å². The Bertz CT molecular complexity index is 2570. The van der Waals surface area contributed by atoms with Crippen LogP contribution in [0.15, 0.2) is 53.3 Å². The van der Waals surface area contributed by atoms with Gasteiger partial charge in [-0.1, -0.05) is 37.3 Å². The molecule has 5 amide bonds. The molecule has 1 aliphatic carbocycles. The summed E-state index contributed by atoms with van der Waals surface area (Å²) in [6.45, 7) is 6.20. The van der Waals surface area contributed by atoms with Gasteiger partial charge in [0.2, 0.25) is 23.6 Å². The number of cyclic esters (lactones) is 1. The van der Waals surface area contributed by atoms with Crippen LogP contribution < -0.4 is 36.9 Å². The van der Waals surface area contributed by atoms with Crippen LogP contribution in [0.4, 0.5) is 4.79 Å². The lowest BCUT2D eigenvalue weighted by molar-refractivity contribution is -0.172. The number of aryl methyl sites for hydroxylation is 2. The normalized spacial score (nSPS) is 16.3. The zero-order valence-corrected chi connectivity index (χ0v) is 36.3. The highest BCUT2D eigenvalue weighted by Gasteiger charge is 2.45. The molecule has 3 aliphatic rings. The number of pyridine rings is 2. The molecule has 0 fully saturated rings. The number of benzene rings is 2. The van der Waals surface area contributed by atoms with Crippen LogP contribution in [0.5, 0.6) is 5.75 Å². The first-order valence-corrected chi connectivity index (χ1v) is 21.4. The molecule has 4 aromatic rings. The second-order valence-electron chi connectivity index (χ2n) is 17.0. The first-order valence-electron chi connectivity index (χ1n) is 21.4. The van der Waals surface area contributed by atoms with E-state index in [4.69, 9.17) is 19.2 Å². The van der Waals surface area contributed by atoms with Gasteiger partial charge in [0.05, 0.1) is 48.7 Å². The molecule has 0 saturated carbocycles. The highest BCUT2D eigenvalue weighted by Crippen LogP contribution is 2.44. The van der Waals surface area contributed by atoms with Crippen LogP contribution in [-0.2, 0) is 71.5 Å². The lowest BCUT2D eigenvalue weighted by atomic mass is 9.85. The number of nitrogens with zero attached hydrogens (tertiary/aromatic N) is 2. The summed E-state index contributed by atoms with van der Waals surface area (Å²) in [7, 11) is 0. The molecule has 64 heavy (non-hydrogen) atoms. The van der Waals surface area contributed by atoms with Gasteiger partial charge in [0, 0.05) is 35.0 Å². The minimum Gasteiger partial charge on any atom is -0.493 e. The number of ether oxygens (including phenoxy) is 3. The molecule has 6 N–H and O–H groups in total. The summed E-state index contributed by atoms with van der Waals surface area (Å²) in [6.07, 6.45) is 2.30. The maximum Gasteiger partial charge on any atom is 0.408 e. The van der Waals surface area contributed by atoms with Crippen LogP contribution in [-0.4, -0.2) is 94.8 Å². The number of amides is 5. The Morgan fingerprint density at radius 1 is 0.891 bits per heavy atom. The Hall–Kier alpha value is -6.82. The van der Waals surface area contributed by atoms with Gasteiger partial charge in [-0.2, -0.15) is 0 Å². The molecule has 0 unspecified atom stereocenters. The molecule has 0 radical (unpaired) electrons. The van der Waals surface area contributed by atoms with E-state index in [9.17, 15) is 38.7 Å². The number of hydrogen-bond donors (Lipinski definition) is 6. The summed E-state index contributed by atoms with van der Waals surface area (Å²) in [5.74, 6) is -2.37. The minimum atomic E-state index is -1.90. The Morgan fingerprint density at radius 2 is 1.61 bits per heavy atom. The van der Waals surface area contributed by atoms with Crippen molar-refractivity contribution in [3.05, 3.63) is 92.3 Å². The van der Waals surface area contributed by atoms with Crippen LogP contribution in [0.25, 0.3) is 22.3 Å². The van der Waals surface area contributed by atoms with Crippen molar-refractivity contribution in [1.29, 1.82) is 0 Å². The van der Waals surface area contributed by atoms with Gasteiger partial charge in [0.1, 0.15) is 30.5 Å². The fourth-order valence-corrected chi connectivity index (χ4v) is 8.27. The van der Waals surface area contributed by atoms with E-state index < -0.39 is 66.0 Å². The molecule has 18 heteroatoms. The number of fused-ring (bicyclic) bond motifs is 5. The van der Waals surface area contributed by atoms with E-state index in [2.05, 4.69) is 26.6 Å². The third-order valence-corrected chi connectivity index (χ3v) is 11.4. The molecule has 0 spiro atoms. The van der Waals surface area contributed by atoms with E-state index in [0.717, 1.165) is 52.4 Å². The van der Waals surface area contributed by atoms with Gasteiger partial charge in [-0.05, 0) is 82.2 Å². The molecule has 2 aromatic carbocycles. The summed E-state index contributed by atoms with van der Waals surface area (Å²) in [5, 5.41) is 24.9. The third kappa shape index (κ3) is 9.86. The van der Waals surface area contributed by atoms with Crippen molar-refractivity contribution < 1.29 is 48.1 Å². The molecule has 2 aromatic heterocycles. The predicted molar refractivity (Wildman–Crippen MR) is 232 cm³/mol. The highest BCUT2D eigenvalue weighted by molar-refractivity contribution is 5.94. The van der Waals surface area contributed by atoms with E-state index in [1.54, 1.807) is 62.6 Å². The Kier molecular flexibility index (Phi) is 13.3. The number of esters is 1. The SMILES string of the molecule is CC[C@@]1(O)C(=O)OCc2c1cc1n(c2=O)Cc2c-1nc1ccc(OCCCNC(=O)CNC(=O)[C@H](Cc3ccccc3)NC(=O)CNC(=O)CNC(=O)OC(C)(C)C)c3c1c2CCC3. The summed E-state index contributed by atoms with van der Waals surface area (Å²) in [5.41, 5.74) is 3.42. The van der Waals surface area contributed by atoms with Crippen molar-refractivity contribution in [1.82, 2.24) is 36.1 Å². The van der Waals surface area contributed by atoms with Crippen LogP contribution in [0.2, 0.25) is 0 Å². The molecule has 4 heterocycles. The van der Waals surface area contributed by atoms with E-state index in [0.29, 0.717) is 36.7 Å². The van der Waals surface area contributed by atoms with E-state index in [1.165, 1.54) is 0 Å². The summed E-state index contributed by atoms with van der Waals surface area (Å²) in [6, 6.07) is 13.4. The molecule has 0 bridgehead atoms. The number of alkyl carbamates (subject to hydrolysis) is 1. The third-order valence-electron chi connectivity index (χ3n) is 11.4. The first kappa shape index (κ1) is 45.2. The number of rotatable bonds is 16. The molecular weight excluding hydrogens is 827 g/mol. The molecule has 0 saturated heterocycles. The lowest BCUT2D eigenvalue weighted by Gasteiger charge is -2.31. The summed E-state index contributed by atoms with van der Waals surface area (Å²) in [4.78, 5) is 94.2. The van der Waals surface area contributed by atoms with Crippen LogP contribution in [0, 0.1) is 0 Å². The number of aromatic nitrogens is 2. The standard InChI is InChI=1S/C46H53N7O11/c1-5-46(61)31-20-34-40-29(24-53(34)42(58)30(31)25-63-43(46)59)27-13-9-14-28-35(16-15-32(52-40)39(27)28)62-18-10-17-47-36(54)21-49-41(57)33(19-26-11-7-6-8-12-26)51-38(56)23-48-37(55)22-50-44(60)64-45(2,3)4/h6-8,11-12,15-16,20,33,61H,5,9-10,13-14,17-19,21-25H2,1-4H3,(H,47,54)(H,48,55)(H,49,57)(H,50,60)(H,51,56)/t33-,46-/m0/s1. The topological polar surface area (TPSA) is 245 Å². The maximum atomic E-state index is 13.7. The fraction of sp³-hybridized carbons (Fsp3) is 0.435. The predicted octanol–water partition coefficient (Wildman–Crippen LogP) is 1.94. The zero-order valence-electron chi connectivity index (χ0n) is 36.3. The summed E-state index contributed by atoms with van der Waals surface area (Å²) < 4.78 is 18.2. The average Bonchev–Trinajstić information content (AvgIpc) is 3.64. The van der Waals surface area contributed by atoms with Crippen molar-refractivity contribution in [2.75, 3.05) is 32.8 Å². The number of carbonyl (C=O) groups excluding carboxylic acids is 6. The maximum absolute atomic E-state index is 13.7. The fourth-order valence-electron chi connectivity index (χ4n) is 8.27. The molecular formula is C46H53N7O11. The second kappa shape index (κ2) is 18.9. The van der Waals surface area contributed by atoms with E-state index in [-0.39, 0.29) is 49.2 Å². The van der Waals surface area contributed by atoms with Crippen molar-refractivity contribution in [3.63, 3.8) is 0 Å². The van der Waals surface area contributed by atoms with Gasteiger partial charge in [-0.15, -0.1) is 0 Å². The van der Waals surface area contributed by atoms with Gasteiger partial charge >= 0.3 is 12.1 Å². The van der Waals surface area contributed by atoms with Crippen molar-refractivity contribution in [3.8, 4) is 17.1 Å². The van der Waals surface area contributed by atoms with Crippen LogP contribution in [0.1, 0.15) is 80.3 Å². The zero-order chi connectivity index (χ0) is 45.8. The van der Waals surface area contributed by atoms with Gasteiger partial charge < -0.3 is 50.5 Å². The number of carbonyl (C=O) groups is 6. The average molecular weight is 880 g/mol. The van der Waals surface area contributed by atoms with Crippen LogP contribution >= 0.6 is 0 Å². The number of aliphatic hydroxyl groups is 1. The van der Waals surface area contributed by atoms with Crippen molar-refractivity contribution >= 4 is 46.6 Å². The lowest BCUT2D eigenvalue weighted by Crippen LogP contribution is -2.52. The Labute approximate surface area is 368 Å². The molecule has 18 nitrogen and oxygen atoms in total. The number of nitrogens with one attached hydrogen (secondary N) is 5. The summed E-state index contributed by atoms with van der Waals surface area (Å²) >= 11 is 0. The first-order chi connectivity index (χ1) is 30.6. The van der Waals surface area contributed by atoms with Crippen molar-refractivity contribution in [2.45, 2.75) is 96.6 Å². The molecule has 7 rings (SSSR count). The van der Waals surface area contributed by atoms with Crippen LogP contribution in [0.3, 0.4) is 0 Å². The second-order valence-corrected chi connectivity index (χ2v) is 17.0. The molecule has 2 aliphatic heterocycles. The van der Waals surface area contributed by atoms with Gasteiger partial charge in [0.15, 0.2) is 5.60 Å².